The molecule has 0 aliphatic rings. The number of aliphatic carboxylic acids is 2. The Morgan fingerprint density at radius 2 is 1.75 bits per heavy atom. The van der Waals surface area contributed by atoms with Crippen molar-refractivity contribution >= 4 is 52.3 Å². The van der Waals surface area contributed by atoms with Gasteiger partial charge in [-0.3, -0.25) is 19.2 Å². The zero-order valence-corrected chi connectivity index (χ0v) is 20.6. The molecule has 0 aliphatic carbocycles. The van der Waals surface area contributed by atoms with Crippen LogP contribution in [-0.2, 0) is 30.4 Å². The van der Waals surface area contributed by atoms with Crippen LogP contribution in [-0.4, -0.2) is 81.5 Å². The first-order chi connectivity index (χ1) is 17.1. The van der Waals surface area contributed by atoms with Crippen LogP contribution in [0.4, 0.5) is 0 Å². The van der Waals surface area contributed by atoms with Gasteiger partial charge in [0, 0.05) is 23.5 Å². The van der Waals surface area contributed by atoms with Gasteiger partial charge in [0.15, 0.2) is 0 Å². The lowest BCUT2D eigenvalue weighted by Crippen LogP contribution is -2.54. The van der Waals surface area contributed by atoms with E-state index in [9.17, 15) is 24.0 Å². The first-order valence-electron chi connectivity index (χ1n) is 11.2. The Labute approximate surface area is 211 Å². The van der Waals surface area contributed by atoms with Crippen LogP contribution in [0.1, 0.15) is 24.8 Å². The van der Waals surface area contributed by atoms with E-state index < -0.39 is 60.8 Å². The Balaban J connectivity index is 1.93. The molecule has 1 aromatic carbocycles. The Morgan fingerprint density at radius 1 is 1.03 bits per heavy atom. The summed E-state index contributed by atoms with van der Waals surface area (Å²) in [5.41, 5.74) is 7.89. The number of hydrogen-bond acceptors (Lipinski definition) is 7. The lowest BCUT2D eigenvalue weighted by atomic mass is 10.0. The summed E-state index contributed by atoms with van der Waals surface area (Å²) in [5.74, 6) is -3.97. The SMILES string of the molecule is CSCCC(NC(=O)C(N)Cc1c[nH]c2ccccc12)C(=O)NCC(=O)NC(CCC(=O)O)C(=O)O. The third kappa shape index (κ3) is 8.89. The van der Waals surface area contributed by atoms with Crippen LogP contribution in [0.2, 0.25) is 0 Å². The van der Waals surface area contributed by atoms with Gasteiger partial charge in [-0.05, 0) is 42.9 Å². The molecule has 13 heteroatoms. The molecule has 2 aromatic rings. The molecule has 0 saturated heterocycles. The second-order valence-corrected chi connectivity index (χ2v) is 9.11. The number of nitrogens with two attached hydrogens (primary N) is 1. The molecule has 0 spiro atoms. The highest BCUT2D eigenvalue weighted by molar-refractivity contribution is 7.98. The number of fused-ring (bicyclic) bond motifs is 1. The van der Waals surface area contributed by atoms with Crippen LogP contribution in [0.15, 0.2) is 30.5 Å². The predicted molar refractivity (Wildman–Crippen MR) is 134 cm³/mol. The molecule has 0 aliphatic heterocycles. The van der Waals surface area contributed by atoms with Crippen molar-refractivity contribution in [1.29, 1.82) is 0 Å². The zero-order chi connectivity index (χ0) is 26.7. The number of carboxylic acids is 2. The van der Waals surface area contributed by atoms with Crippen molar-refractivity contribution in [3.05, 3.63) is 36.0 Å². The summed E-state index contributed by atoms with van der Waals surface area (Å²) in [6.07, 6.45) is 3.43. The number of aromatic nitrogens is 1. The molecule has 36 heavy (non-hydrogen) atoms. The first-order valence-corrected chi connectivity index (χ1v) is 12.6. The van der Waals surface area contributed by atoms with Crippen LogP contribution >= 0.6 is 11.8 Å². The van der Waals surface area contributed by atoms with E-state index >= 15 is 0 Å². The van der Waals surface area contributed by atoms with Gasteiger partial charge in [-0.2, -0.15) is 11.8 Å². The van der Waals surface area contributed by atoms with Gasteiger partial charge < -0.3 is 36.9 Å². The Hall–Kier alpha value is -3.58. The number of hydrogen-bond donors (Lipinski definition) is 7. The fraction of sp³-hybridized carbons (Fsp3) is 0.435. The summed E-state index contributed by atoms with van der Waals surface area (Å²) in [6.45, 7) is -0.539. The number of nitrogens with one attached hydrogen (secondary N) is 4. The maximum absolute atomic E-state index is 12.7. The lowest BCUT2D eigenvalue weighted by molar-refractivity contribution is -0.143. The van der Waals surface area contributed by atoms with Crippen LogP contribution in [0.5, 0.6) is 0 Å². The number of amides is 3. The van der Waals surface area contributed by atoms with Crippen LogP contribution < -0.4 is 21.7 Å². The predicted octanol–water partition coefficient (Wildman–Crippen LogP) is -0.174. The second kappa shape index (κ2) is 14.1. The Bertz CT molecular complexity index is 1090. The Morgan fingerprint density at radius 3 is 2.42 bits per heavy atom. The first kappa shape index (κ1) is 28.7. The molecule has 0 saturated carbocycles. The topological polar surface area (TPSA) is 204 Å². The van der Waals surface area contributed by atoms with Gasteiger partial charge in [-0.1, -0.05) is 18.2 Å². The van der Waals surface area contributed by atoms with Crippen molar-refractivity contribution in [3.63, 3.8) is 0 Å². The molecule has 12 nitrogen and oxygen atoms in total. The van der Waals surface area contributed by atoms with Gasteiger partial charge in [0.2, 0.25) is 17.7 Å². The van der Waals surface area contributed by atoms with E-state index in [1.807, 2.05) is 30.5 Å². The number of carbonyl (C=O) groups is 5. The highest BCUT2D eigenvalue weighted by Gasteiger charge is 2.26. The van der Waals surface area contributed by atoms with Crippen LogP contribution in [0.3, 0.4) is 0 Å². The third-order valence-corrected chi connectivity index (χ3v) is 6.04. The molecule has 0 radical (unpaired) electrons. The van der Waals surface area contributed by atoms with Gasteiger partial charge in [0.25, 0.3) is 0 Å². The fourth-order valence-corrected chi connectivity index (χ4v) is 3.95. The van der Waals surface area contributed by atoms with Crippen molar-refractivity contribution in [2.24, 2.45) is 5.73 Å². The quantitative estimate of drug-likeness (QED) is 0.166. The normalized spacial score (nSPS) is 13.4. The largest absolute Gasteiger partial charge is 0.481 e. The number of carboxylic acid groups (broad SMARTS) is 2. The lowest BCUT2D eigenvalue weighted by Gasteiger charge is -2.21. The number of carbonyl (C=O) groups excluding carboxylic acids is 3. The van der Waals surface area contributed by atoms with E-state index in [0.29, 0.717) is 5.75 Å². The monoisotopic (exact) mass is 521 g/mol. The number of benzene rings is 1. The van der Waals surface area contributed by atoms with E-state index in [2.05, 4.69) is 20.9 Å². The van der Waals surface area contributed by atoms with Crippen molar-refractivity contribution < 1.29 is 34.2 Å². The smallest absolute Gasteiger partial charge is 0.326 e. The van der Waals surface area contributed by atoms with Crippen molar-refractivity contribution in [2.75, 3.05) is 18.6 Å². The molecule has 196 valence electrons. The minimum absolute atomic E-state index is 0.252. The van der Waals surface area contributed by atoms with E-state index in [4.69, 9.17) is 15.9 Å². The number of thioether (sulfide) groups is 1. The molecule has 0 bridgehead atoms. The molecule has 0 fully saturated rings. The van der Waals surface area contributed by atoms with E-state index in [-0.39, 0.29) is 19.3 Å². The summed E-state index contributed by atoms with van der Waals surface area (Å²) in [5, 5.41) is 26.0. The second-order valence-electron chi connectivity index (χ2n) is 8.12. The molecule has 3 unspecified atom stereocenters. The number of rotatable bonds is 15. The maximum Gasteiger partial charge on any atom is 0.326 e. The molecular weight excluding hydrogens is 490 g/mol. The molecule has 3 amide bonds. The van der Waals surface area contributed by atoms with Crippen molar-refractivity contribution in [1.82, 2.24) is 20.9 Å². The third-order valence-electron chi connectivity index (χ3n) is 5.40. The van der Waals surface area contributed by atoms with E-state index in [1.165, 1.54) is 11.8 Å². The maximum atomic E-state index is 12.7. The van der Waals surface area contributed by atoms with Crippen LogP contribution in [0.25, 0.3) is 10.9 Å². The van der Waals surface area contributed by atoms with Gasteiger partial charge in [0.05, 0.1) is 12.6 Å². The summed E-state index contributed by atoms with van der Waals surface area (Å²) < 4.78 is 0. The summed E-state index contributed by atoms with van der Waals surface area (Å²) in [7, 11) is 0. The molecule has 1 aromatic heterocycles. The van der Waals surface area contributed by atoms with Gasteiger partial charge in [0.1, 0.15) is 12.1 Å². The summed E-state index contributed by atoms with van der Waals surface area (Å²) in [4.78, 5) is 62.5. The molecule has 1 heterocycles. The summed E-state index contributed by atoms with van der Waals surface area (Å²) in [6, 6.07) is 4.34. The number of aromatic amines is 1. The van der Waals surface area contributed by atoms with E-state index in [1.54, 1.807) is 6.20 Å². The number of H-pyrrole nitrogens is 1. The number of para-hydroxylation sites is 1. The minimum Gasteiger partial charge on any atom is -0.481 e. The fourth-order valence-electron chi connectivity index (χ4n) is 3.47. The molecule has 2 rings (SSSR count). The van der Waals surface area contributed by atoms with Crippen molar-refractivity contribution in [2.45, 2.75) is 43.8 Å². The average molecular weight is 522 g/mol. The highest BCUT2D eigenvalue weighted by Crippen LogP contribution is 2.18. The van der Waals surface area contributed by atoms with E-state index in [0.717, 1.165) is 16.5 Å². The van der Waals surface area contributed by atoms with Gasteiger partial charge in [-0.15, -0.1) is 0 Å². The van der Waals surface area contributed by atoms with Gasteiger partial charge >= 0.3 is 11.9 Å². The molecule has 8 N–H and O–H groups in total. The molecular formula is C23H31N5O7S. The molecule has 3 atom stereocenters. The zero-order valence-electron chi connectivity index (χ0n) is 19.8. The minimum atomic E-state index is -1.40. The highest BCUT2D eigenvalue weighted by atomic mass is 32.2. The average Bonchev–Trinajstić information content (AvgIpc) is 3.24. The van der Waals surface area contributed by atoms with Gasteiger partial charge in [-0.25, -0.2) is 4.79 Å². The van der Waals surface area contributed by atoms with Crippen LogP contribution in [0, 0.1) is 0 Å². The Kier molecular flexibility index (Phi) is 11.2. The summed E-state index contributed by atoms with van der Waals surface area (Å²) >= 11 is 1.47. The standard InChI is InChI=1S/C23H31N5O7S/c1-36-9-8-17(22(33)26-12-19(29)27-18(23(34)35)6-7-20(30)31)28-21(32)15(24)10-13-11-25-16-5-3-2-4-14(13)16/h2-5,11,15,17-18,25H,6-10,12,24H2,1H3,(H,26,33)(H,27,29)(H,28,32)(H,30,31)(H,34,35). The van der Waals surface area contributed by atoms with Crippen molar-refractivity contribution in [3.8, 4) is 0 Å².